The minimum absolute atomic E-state index is 0.00937. The van der Waals surface area contributed by atoms with Gasteiger partial charge < -0.3 is 5.32 Å². The van der Waals surface area contributed by atoms with Crippen molar-refractivity contribution in [3.8, 4) is 11.3 Å². The molecule has 0 radical (unpaired) electrons. The zero-order valence-corrected chi connectivity index (χ0v) is 17.4. The first-order valence-corrected chi connectivity index (χ1v) is 10.6. The van der Waals surface area contributed by atoms with Crippen LogP contribution in [0.2, 0.25) is 0 Å². The quantitative estimate of drug-likeness (QED) is 0.456. The third-order valence-electron chi connectivity index (χ3n) is 4.93. The number of nitrogens with zero attached hydrogens (tertiary/aromatic N) is 5. The van der Waals surface area contributed by atoms with Crippen LogP contribution in [0, 0.1) is 5.82 Å². The van der Waals surface area contributed by atoms with Crippen LogP contribution in [0.1, 0.15) is 28.7 Å². The van der Waals surface area contributed by atoms with Crippen molar-refractivity contribution >= 4 is 33.1 Å². The van der Waals surface area contributed by atoms with Gasteiger partial charge in [-0.3, -0.25) is 4.79 Å². The van der Waals surface area contributed by atoms with Gasteiger partial charge in [-0.05, 0) is 48.9 Å². The highest BCUT2D eigenvalue weighted by atomic mass is 32.1. The standard InChI is InChI=1S/C22H17FN6OS/c1-2-24-22(30)15-5-4-14(11-16(15)23)17-7-8-20-26-27-21(29(20)28-17)10-13-3-6-18-19(9-13)31-12-25-18/h3-9,11-12H,2,10H2,1H3,(H,24,30). The summed E-state index contributed by atoms with van der Waals surface area (Å²) < 4.78 is 17.3. The zero-order chi connectivity index (χ0) is 21.4. The number of hydrogen-bond donors (Lipinski definition) is 1. The molecule has 3 heterocycles. The fourth-order valence-electron chi connectivity index (χ4n) is 3.40. The van der Waals surface area contributed by atoms with E-state index in [9.17, 15) is 9.18 Å². The Morgan fingerprint density at radius 2 is 2.03 bits per heavy atom. The highest BCUT2D eigenvalue weighted by molar-refractivity contribution is 7.16. The van der Waals surface area contributed by atoms with Crippen LogP contribution in [-0.4, -0.2) is 37.2 Å². The van der Waals surface area contributed by atoms with Crippen LogP contribution in [0.4, 0.5) is 4.39 Å². The third kappa shape index (κ3) is 3.64. The molecule has 5 aromatic rings. The maximum Gasteiger partial charge on any atom is 0.254 e. The molecule has 9 heteroatoms. The molecule has 0 unspecified atom stereocenters. The summed E-state index contributed by atoms with van der Waals surface area (Å²) in [5.41, 5.74) is 5.62. The van der Waals surface area contributed by atoms with Gasteiger partial charge in [0.25, 0.3) is 5.91 Å². The molecule has 7 nitrogen and oxygen atoms in total. The first-order valence-electron chi connectivity index (χ1n) is 9.74. The highest BCUT2D eigenvalue weighted by Gasteiger charge is 2.14. The van der Waals surface area contributed by atoms with E-state index in [0.29, 0.717) is 35.7 Å². The summed E-state index contributed by atoms with van der Waals surface area (Å²) in [5, 5.41) is 15.7. The number of amides is 1. The fourth-order valence-corrected chi connectivity index (χ4v) is 4.14. The number of halogens is 1. The van der Waals surface area contributed by atoms with Crippen molar-refractivity contribution in [2.45, 2.75) is 13.3 Å². The van der Waals surface area contributed by atoms with E-state index in [0.717, 1.165) is 15.8 Å². The monoisotopic (exact) mass is 432 g/mol. The van der Waals surface area contributed by atoms with Gasteiger partial charge in [0.15, 0.2) is 11.5 Å². The largest absolute Gasteiger partial charge is 0.352 e. The summed E-state index contributed by atoms with van der Waals surface area (Å²) in [6.45, 7) is 2.22. The number of nitrogens with one attached hydrogen (secondary N) is 1. The first kappa shape index (κ1) is 19.3. The lowest BCUT2D eigenvalue weighted by molar-refractivity contribution is 0.0952. The minimum atomic E-state index is -0.591. The van der Waals surface area contributed by atoms with Crippen molar-refractivity contribution in [2.75, 3.05) is 6.54 Å². The van der Waals surface area contributed by atoms with Crippen molar-refractivity contribution in [1.29, 1.82) is 0 Å². The molecular weight excluding hydrogens is 415 g/mol. The third-order valence-corrected chi connectivity index (χ3v) is 5.72. The summed E-state index contributed by atoms with van der Waals surface area (Å²) in [6.07, 6.45) is 0.552. The fraction of sp³-hybridized carbons (Fsp3) is 0.136. The molecule has 0 saturated heterocycles. The van der Waals surface area contributed by atoms with Crippen molar-refractivity contribution in [1.82, 2.24) is 30.1 Å². The Morgan fingerprint density at radius 1 is 1.13 bits per heavy atom. The summed E-state index contributed by atoms with van der Waals surface area (Å²) >= 11 is 1.59. The molecule has 0 aliphatic rings. The second-order valence-electron chi connectivity index (χ2n) is 6.99. The molecule has 5 rings (SSSR count). The molecule has 2 aromatic carbocycles. The van der Waals surface area contributed by atoms with Gasteiger partial charge >= 0.3 is 0 Å². The molecule has 31 heavy (non-hydrogen) atoms. The second kappa shape index (κ2) is 7.84. The Balaban J connectivity index is 1.48. The van der Waals surface area contributed by atoms with E-state index in [1.165, 1.54) is 12.1 Å². The Kier molecular flexibility index (Phi) is 4.87. The average molecular weight is 432 g/mol. The van der Waals surface area contributed by atoms with Crippen molar-refractivity contribution in [3.63, 3.8) is 0 Å². The number of carbonyl (C=O) groups excluding carboxylic acids is 1. The molecule has 0 saturated carbocycles. The van der Waals surface area contributed by atoms with E-state index in [1.54, 1.807) is 41.0 Å². The van der Waals surface area contributed by atoms with Gasteiger partial charge in [-0.2, -0.15) is 9.61 Å². The van der Waals surface area contributed by atoms with Gasteiger partial charge in [-0.25, -0.2) is 9.37 Å². The number of thiazole rings is 1. The number of benzene rings is 2. The lowest BCUT2D eigenvalue weighted by Gasteiger charge is -2.07. The number of hydrogen-bond acceptors (Lipinski definition) is 6. The van der Waals surface area contributed by atoms with E-state index in [2.05, 4.69) is 31.7 Å². The Morgan fingerprint density at radius 3 is 2.87 bits per heavy atom. The molecule has 0 aliphatic carbocycles. The Bertz CT molecular complexity index is 1430. The molecule has 1 amide bonds. The molecule has 0 spiro atoms. The van der Waals surface area contributed by atoms with Crippen LogP contribution in [0.3, 0.4) is 0 Å². The van der Waals surface area contributed by atoms with E-state index in [4.69, 9.17) is 0 Å². The topological polar surface area (TPSA) is 85.1 Å². The van der Waals surface area contributed by atoms with Crippen molar-refractivity contribution in [2.24, 2.45) is 0 Å². The summed E-state index contributed by atoms with van der Waals surface area (Å²) in [6, 6.07) is 14.1. The molecule has 0 bridgehead atoms. The number of carbonyl (C=O) groups is 1. The zero-order valence-electron chi connectivity index (χ0n) is 16.5. The molecule has 0 atom stereocenters. The van der Waals surface area contributed by atoms with Gasteiger partial charge in [0.05, 0.1) is 27.0 Å². The van der Waals surface area contributed by atoms with Gasteiger partial charge in [0.1, 0.15) is 5.82 Å². The lowest BCUT2D eigenvalue weighted by atomic mass is 10.1. The van der Waals surface area contributed by atoms with E-state index >= 15 is 0 Å². The SMILES string of the molecule is CCNC(=O)c1ccc(-c2ccc3nnc(Cc4ccc5ncsc5c4)n3n2)cc1F. The van der Waals surface area contributed by atoms with Crippen LogP contribution in [0.15, 0.2) is 54.0 Å². The van der Waals surface area contributed by atoms with Crippen LogP contribution in [0.5, 0.6) is 0 Å². The van der Waals surface area contributed by atoms with Crippen molar-refractivity contribution in [3.05, 3.63) is 76.8 Å². The highest BCUT2D eigenvalue weighted by Crippen LogP contribution is 2.23. The smallest absolute Gasteiger partial charge is 0.254 e. The normalized spacial score (nSPS) is 11.3. The van der Waals surface area contributed by atoms with Gasteiger partial charge in [-0.15, -0.1) is 21.5 Å². The molecular formula is C22H17FN6OS. The summed E-state index contributed by atoms with van der Waals surface area (Å²) in [5.74, 6) is -0.346. The van der Waals surface area contributed by atoms with E-state index < -0.39 is 11.7 Å². The average Bonchev–Trinajstić information content (AvgIpc) is 3.40. The van der Waals surface area contributed by atoms with Gasteiger partial charge in [0.2, 0.25) is 0 Å². The van der Waals surface area contributed by atoms with Crippen LogP contribution in [-0.2, 0) is 6.42 Å². The maximum absolute atomic E-state index is 14.5. The van der Waals surface area contributed by atoms with Gasteiger partial charge in [0, 0.05) is 18.5 Å². The second-order valence-corrected chi connectivity index (χ2v) is 7.88. The van der Waals surface area contributed by atoms with E-state index in [-0.39, 0.29) is 5.56 Å². The van der Waals surface area contributed by atoms with Crippen LogP contribution >= 0.6 is 11.3 Å². The lowest BCUT2D eigenvalue weighted by Crippen LogP contribution is -2.23. The Hall–Kier alpha value is -3.72. The van der Waals surface area contributed by atoms with Gasteiger partial charge in [-0.1, -0.05) is 12.1 Å². The minimum Gasteiger partial charge on any atom is -0.352 e. The number of aromatic nitrogens is 5. The molecule has 1 N–H and O–H groups in total. The Labute approximate surface area is 180 Å². The molecule has 0 fully saturated rings. The van der Waals surface area contributed by atoms with Crippen LogP contribution in [0.25, 0.3) is 27.1 Å². The number of fused-ring (bicyclic) bond motifs is 2. The van der Waals surface area contributed by atoms with Crippen LogP contribution < -0.4 is 5.32 Å². The van der Waals surface area contributed by atoms with Crippen molar-refractivity contribution < 1.29 is 9.18 Å². The molecule has 0 aliphatic heterocycles. The predicted molar refractivity (Wildman–Crippen MR) is 117 cm³/mol. The molecule has 3 aromatic heterocycles. The predicted octanol–water partition coefficient (Wildman–Crippen LogP) is 3.88. The first-order chi connectivity index (χ1) is 15.1. The molecule has 154 valence electrons. The number of rotatable bonds is 5. The summed E-state index contributed by atoms with van der Waals surface area (Å²) in [7, 11) is 0. The summed E-state index contributed by atoms with van der Waals surface area (Å²) in [4.78, 5) is 16.2. The van der Waals surface area contributed by atoms with E-state index in [1.807, 2.05) is 17.6 Å². The maximum atomic E-state index is 14.5.